The van der Waals surface area contributed by atoms with Crippen molar-refractivity contribution in [3.8, 4) is 0 Å². The summed E-state index contributed by atoms with van der Waals surface area (Å²) in [5, 5.41) is 14.0. The highest BCUT2D eigenvalue weighted by Gasteiger charge is 2.25. The highest BCUT2D eigenvalue weighted by molar-refractivity contribution is 5.99. The first-order valence-electron chi connectivity index (χ1n) is 8.88. The second kappa shape index (κ2) is 10.0. The average molecular weight is 398 g/mol. The van der Waals surface area contributed by atoms with Crippen LogP contribution in [0, 0.1) is 0 Å². The van der Waals surface area contributed by atoms with Crippen molar-refractivity contribution in [2.75, 3.05) is 7.11 Å². The zero-order chi connectivity index (χ0) is 21.4. The molecular weight excluding hydrogens is 376 g/mol. The first-order chi connectivity index (χ1) is 13.8. The maximum absolute atomic E-state index is 12.6. The molecule has 2 aromatic carbocycles. The molecule has 0 aliphatic heterocycles. The van der Waals surface area contributed by atoms with E-state index in [1.165, 1.54) is 38.3 Å². The van der Waals surface area contributed by atoms with Gasteiger partial charge in [0.1, 0.15) is 12.1 Å². The molecule has 0 aromatic heterocycles. The van der Waals surface area contributed by atoms with Crippen LogP contribution in [0.4, 0.5) is 0 Å². The first kappa shape index (κ1) is 21.6. The van der Waals surface area contributed by atoms with E-state index in [1.54, 1.807) is 24.3 Å². The highest BCUT2D eigenvalue weighted by Crippen LogP contribution is 2.08. The van der Waals surface area contributed by atoms with Gasteiger partial charge < -0.3 is 20.5 Å². The van der Waals surface area contributed by atoms with Gasteiger partial charge in [-0.3, -0.25) is 14.4 Å². The quantitative estimate of drug-likeness (QED) is 0.578. The van der Waals surface area contributed by atoms with Gasteiger partial charge in [0.25, 0.3) is 5.91 Å². The molecule has 0 saturated carbocycles. The lowest BCUT2D eigenvalue weighted by Gasteiger charge is -2.20. The van der Waals surface area contributed by atoms with E-state index < -0.39 is 35.8 Å². The second-order valence-electron chi connectivity index (χ2n) is 6.35. The molecule has 2 amide bonds. The summed E-state index contributed by atoms with van der Waals surface area (Å²) in [6.45, 7) is 1.34. The van der Waals surface area contributed by atoms with Crippen LogP contribution in [0.15, 0.2) is 54.6 Å². The Hall–Kier alpha value is -3.68. The van der Waals surface area contributed by atoms with Crippen LogP contribution in [0.3, 0.4) is 0 Å². The molecule has 0 unspecified atom stereocenters. The van der Waals surface area contributed by atoms with Crippen LogP contribution in [-0.2, 0) is 20.7 Å². The smallest absolute Gasteiger partial charge is 0.337 e. The fourth-order valence-electron chi connectivity index (χ4n) is 2.55. The van der Waals surface area contributed by atoms with Gasteiger partial charge in [-0.05, 0) is 36.8 Å². The Morgan fingerprint density at radius 2 is 1.52 bits per heavy atom. The number of amides is 2. The summed E-state index contributed by atoms with van der Waals surface area (Å²) < 4.78 is 4.61. The summed E-state index contributed by atoms with van der Waals surface area (Å²) in [6.07, 6.45) is 0.186. The molecule has 3 N–H and O–H groups in total. The van der Waals surface area contributed by atoms with Gasteiger partial charge in [-0.25, -0.2) is 4.79 Å². The Bertz CT molecular complexity index is 880. The Kier molecular flexibility index (Phi) is 7.47. The highest BCUT2D eigenvalue weighted by atomic mass is 16.5. The molecule has 2 aromatic rings. The van der Waals surface area contributed by atoms with E-state index in [1.807, 2.05) is 6.07 Å². The van der Waals surface area contributed by atoms with Crippen molar-refractivity contribution in [2.24, 2.45) is 0 Å². The summed E-state index contributed by atoms with van der Waals surface area (Å²) >= 11 is 0. The van der Waals surface area contributed by atoms with E-state index in [-0.39, 0.29) is 17.5 Å². The molecule has 0 fully saturated rings. The number of methoxy groups -OCH3 is 1. The van der Waals surface area contributed by atoms with Gasteiger partial charge in [-0.2, -0.15) is 0 Å². The zero-order valence-electron chi connectivity index (χ0n) is 16.0. The summed E-state index contributed by atoms with van der Waals surface area (Å²) in [5.41, 5.74) is 1.34. The van der Waals surface area contributed by atoms with E-state index in [2.05, 4.69) is 15.4 Å². The van der Waals surface area contributed by atoms with Crippen molar-refractivity contribution in [2.45, 2.75) is 25.4 Å². The molecule has 152 valence electrons. The molecule has 29 heavy (non-hydrogen) atoms. The Labute approximate surface area is 167 Å². The Balaban J connectivity index is 2.17. The molecule has 8 heteroatoms. The normalized spacial score (nSPS) is 12.3. The summed E-state index contributed by atoms with van der Waals surface area (Å²) in [5.74, 6) is -2.84. The molecule has 0 saturated heterocycles. The van der Waals surface area contributed by atoms with Crippen LogP contribution in [0.25, 0.3) is 0 Å². The second-order valence-corrected chi connectivity index (χ2v) is 6.35. The molecule has 2 atom stereocenters. The zero-order valence-corrected chi connectivity index (χ0v) is 16.0. The number of rotatable bonds is 8. The number of hydrogen-bond acceptors (Lipinski definition) is 5. The number of carbonyl (C=O) groups is 4. The first-order valence-corrected chi connectivity index (χ1v) is 8.88. The number of aliphatic carboxylic acids is 1. The van der Waals surface area contributed by atoms with Crippen LogP contribution in [0.1, 0.15) is 33.2 Å². The SMILES string of the molecule is COC(=O)c1ccc(C(=O)N[C@@H](Cc2ccccc2)C(=O)N[C@@H](C)C(=O)O)cc1. The van der Waals surface area contributed by atoms with E-state index >= 15 is 0 Å². The largest absolute Gasteiger partial charge is 0.480 e. The average Bonchev–Trinajstić information content (AvgIpc) is 2.73. The number of esters is 1. The van der Waals surface area contributed by atoms with Crippen LogP contribution in [-0.4, -0.2) is 48.1 Å². The summed E-state index contributed by atoms with van der Waals surface area (Å²) in [6, 6.07) is 12.7. The van der Waals surface area contributed by atoms with Gasteiger partial charge in [-0.1, -0.05) is 30.3 Å². The molecule has 0 spiro atoms. The third-order valence-electron chi connectivity index (χ3n) is 4.20. The summed E-state index contributed by atoms with van der Waals surface area (Å²) in [7, 11) is 1.26. The van der Waals surface area contributed by atoms with Gasteiger partial charge in [0, 0.05) is 12.0 Å². The maximum atomic E-state index is 12.6. The molecule has 2 rings (SSSR count). The van der Waals surface area contributed by atoms with Crippen molar-refractivity contribution in [3.05, 3.63) is 71.3 Å². The van der Waals surface area contributed by atoms with Gasteiger partial charge >= 0.3 is 11.9 Å². The lowest BCUT2D eigenvalue weighted by atomic mass is 10.0. The van der Waals surface area contributed by atoms with Crippen molar-refractivity contribution in [1.82, 2.24) is 10.6 Å². The van der Waals surface area contributed by atoms with Gasteiger partial charge in [0.05, 0.1) is 12.7 Å². The lowest BCUT2D eigenvalue weighted by molar-refractivity contribution is -0.141. The molecule has 0 radical (unpaired) electrons. The molecule has 0 heterocycles. The fourth-order valence-corrected chi connectivity index (χ4v) is 2.55. The van der Waals surface area contributed by atoms with Crippen molar-refractivity contribution in [3.63, 3.8) is 0 Å². The van der Waals surface area contributed by atoms with E-state index in [9.17, 15) is 19.2 Å². The Morgan fingerprint density at radius 3 is 2.07 bits per heavy atom. The van der Waals surface area contributed by atoms with Crippen LogP contribution in [0.5, 0.6) is 0 Å². The third kappa shape index (κ3) is 6.17. The monoisotopic (exact) mass is 398 g/mol. The predicted molar refractivity (Wildman–Crippen MR) is 104 cm³/mol. The van der Waals surface area contributed by atoms with Crippen molar-refractivity contribution < 1.29 is 29.0 Å². The minimum atomic E-state index is -1.18. The van der Waals surface area contributed by atoms with Crippen LogP contribution in [0.2, 0.25) is 0 Å². The van der Waals surface area contributed by atoms with Crippen LogP contribution < -0.4 is 10.6 Å². The number of carboxylic acid groups (broad SMARTS) is 1. The molecule has 0 aliphatic rings. The third-order valence-corrected chi connectivity index (χ3v) is 4.20. The predicted octanol–water partition coefficient (Wildman–Crippen LogP) is 1.40. The number of benzene rings is 2. The number of hydrogen-bond donors (Lipinski definition) is 3. The van der Waals surface area contributed by atoms with Crippen LogP contribution >= 0.6 is 0 Å². The number of carboxylic acids is 1. The number of ether oxygens (including phenoxy) is 1. The topological polar surface area (TPSA) is 122 Å². The fraction of sp³-hybridized carbons (Fsp3) is 0.238. The van der Waals surface area contributed by atoms with Crippen molar-refractivity contribution in [1.29, 1.82) is 0 Å². The van der Waals surface area contributed by atoms with Gasteiger partial charge in [0.2, 0.25) is 5.91 Å². The van der Waals surface area contributed by atoms with Crippen molar-refractivity contribution >= 4 is 23.8 Å². The van der Waals surface area contributed by atoms with E-state index in [0.29, 0.717) is 0 Å². The molecule has 0 bridgehead atoms. The number of nitrogens with one attached hydrogen (secondary N) is 2. The van der Waals surface area contributed by atoms with E-state index in [0.717, 1.165) is 5.56 Å². The minimum absolute atomic E-state index is 0.186. The maximum Gasteiger partial charge on any atom is 0.337 e. The summed E-state index contributed by atoms with van der Waals surface area (Å²) in [4.78, 5) is 47.7. The number of carbonyl (C=O) groups excluding carboxylic acids is 3. The Morgan fingerprint density at radius 1 is 0.931 bits per heavy atom. The molecule has 8 nitrogen and oxygen atoms in total. The molecule has 0 aliphatic carbocycles. The minimum Gasteiger partial charge on any atom is -0.480 e. The lowest BCUT2D eigenvalue weighted by Crippen LogP contribution is -2.51. The van der Waals surface area contributed by atoms with Gasteiger partial charge in [-0.15, -0.1) is 0 Å². The standard InChI is InChI=1S/C21H22N2O6/c1-13(20(26)27)22-19(25)17(12-14-6-4-3-5-7-14)23-18(24)15-8-10-16(11-9-15)21(28)29-2/h3-11,13,17H,12H2,1-2H3,(H,22,25)(H,23,24)(H,26,27)/t13-,17-/m0/s1. The van der Waals surface area contributed by atoms with E-state index in [4.69, 9.17) is 5.11 Å². The van der Waals surface area contributed by atoms with Gasteiger partial charge in [0.15, 0.2) is 0 Å². The molecular formula is C21H22N2O6.